The summed E-state index contributed by atoms with van der Waals surface area (Å²) in [5.41, 5.74) is 2.72. The number of carbonyl (C=O) groups is 1. The number of rotatable bonds is 5. The number of methoxy groups -OCH3 is 1. The Morgan fingerprint density at radius 3 is 2.61 bits per heavy atom. The van der Waals surface area contributed by atoms with Crippen LogP contribution in [0, 0.1) is 17.0 Å². The van der Waals surface area contributed by atoms with Crippen molar-refractivity contribution in [1.29, 1.82) is 0 Å². The van der Waals surface area contributed by atoms with Crippen molar-refractivity contribution in [1.82, 2.24) is 4.57 Å². The molecule has 2 aromatic carbocycles. The van der Waals surface area contributed by atoms with Gasteiger partial charge in [-0.15, -0.1) is 0 Å². The fourth-order valence-corrected chi connectivity index (χ4v) is 4.01. The first-order valence-electron chi connectivity index (χ1n) is 8.62. The van der Waals surface area contributed by atoms with E-state index < -0.39 is 10.8 Å². The van der Waals surface area contributed by atoms with Crippen LogP contribution in [0.25, 0.3) is 16.3 Å². The van der Waals surface area contributed by atoms with Gasteiger partial charge in [-0.05, 0) is 49.2 Å². The molecule has 3 rings (SSSR count). The summed E-state index contributed by atoms with van der Waals surface area (Å²) in [5, 5.41) is 10.7. The predicted molar refractivity (Wildman–Crippen MR) is 109 cm³/mol. The summed E-state index contributed by atoms with van der Waals surface area (Å²) >= 11 is 1.45. The van der Waals surface area contributed by atoms with Crippen LogP contribution < -0.4 is 9.54 Å². The lowest BCUT2D eigenvalue weighted by molar-refractivity contribution is -0.384. The number of aromatic nitrogens is 1. The molecule has 0 bridgehead atoms. The highest BCUT2D eigenvalue weighted by Gasteiger charge is 2.13. The van der Waals surface area contributed by atoms with E-state index in [0.29, 0.717) is 16.9 Å². The number of hydrogen-bond acceptors (Lipinski definition) is 5. The number of amides is 1. The molecule has 0 unspecified atom stereocenters. The molecule has 0 radical (unpaired) electrons. The van der Waals surface area contributed by atoms with Gasteiger partial charge >= 0.3 is 0 Å². The zero-order valence-corrected chi connectivity index (χ0v) is 16.5. The predicted octanol–water partition coefficient (Wildman–Crippen LogP) is 4.09. The fourth-order valence-electron chi connectivity index (χ4n) is 2.83. The van der Waals surface area contributed by atoms with Crippen molar-refractivity contribution >= 4 is 39.2 Å². The number of thiazole rings is 1. The lowest BCUT2D eigenvalue weighted by Gasteiger charge is -2.07. The maximum Gasteiger partial charge on any atom is 0.272 e. The molecule has 0 aliphatic rings. The normalized spacial score (nSPS) is 12.0. The average molecular weight is 397 g/mol. The van der Waals surface area contributed by atoms with Gasteiger partial charge in [-0.3, -0.25) is 14.9 Å². The Kier molecular flexibility index (Phi) is 5.70. The van der Waals surface area contributed by atoms with E-state index in [0.717, 1.165) is 21.5 Å². The zero-order valence-electron chi connectivity index (χ0n) is 15.7. The van der Waals surface area contributed by atoms with Crippen molar-refractivity contribution in [2.24, 2.45) is 4.99 Å². The first kappa shape index (κ1) is 19.5. The first-order chi connectivity index (χ1) is 13.4. The van der Waals surface area contributed by atoms with E-state index in [1.807, 2.05) is 30.5 Å². The van der Waals surface area contributed by atoms with E-state index in [-0.39, 0.29) is 5.69 Å². The second-order valence-electron chi connectivity index (χ2n) is 6.02. The van der Waals surface area contributed by atoms with Gasteiger partial charge in [0.1, 0.15) is 11.3 Å². The van der Waals surface area contributed by atoms with Gasteiger partial charge in [0.15, 0.2) is 4.80 Å². The van der Waals surface area contributed by atoms with Gasteiger partial charge in [-0.25, -0.2) is 0 Å². The maximum absolute atomic E-state index is 12.3. The van der Waals surface area contributed by atoms with Crippen LogP contribution in [0.1, 0.15) is 18.1 Å². The molecule has 1 amide bonds. The average Bonchev–Trinajstić information content (AvgIpc) is 3.06. The molecule has 0 aliphatic heterocycles. The van der Waals surface area contributed by atoms with Crippen LogP contribution >= 0.6 is 11.3 Å². The summed E-state index contributed by atoms with van der Waals surface area (Å²) in [4.78, 5) is 27.4. The summed E-state index contributed by atoms with van der Waals surface area (Å²) < 4.78 is 8.47. The molecule has 0 saturated carbocycles. The summed E-state index contributed by atoms with van der Waals surface area (Å²) in [5.74, 6) is 0.345. The van der Waals surface area contributed by atoms with Gasteiger partial charge in [0.2, 0.25) is 0 Å². The molecule has 0 fully saturated rings. The molecular formula is C20H19N3O4S. The Morgan fingerprint density at radius 1 is 1.29 bits per heavy atom. The van der Waals surface area contributed by atoms with Crippen molar-refractivity contribution in [2.75, 3.05) is 7.11 Å². The molecule has 8 heteroatoms. The largest absolute Gasteiger partial charge is 0.495 e. The first-order valence-corrected chi connectivity index (χ1v) is 9.44. The second-order valence-corrected chi connectivity index (χ2v) is 7.00. The molecule has 1 aromatic heterocycles. The Hall–Kier alpha value is -3.26. The minimum absolute atomic E-state index is 0.00624. The number of fused-ring (bicyclic) bond motifs is 1. The molecule has 0 atom stereocenters. The molecule has 7 nitrogen and oxygen atoms in total. The number of nitro groups is 1. The summed E-state index contributed by atoms with van der Waals surface area (Å²) in [6.45, 7) is 4.65. The van der Waals surface area contributed by atoms with Gasteiger partial charge in [-0.2, -0.15) is 4.99 Å². The topological polar surface area (TPSA) is 86.7 Å². The molecular weight excluding hydrogens is 378 g/mol. The van der Waals surface area contributed by atoms with Gasteiger partial charge in [0.25, 0.3) is 11.6 Å². The Morgan fingerprint density at radius 2 is 2.00 bits per heavy atom. The number of nitrogens with zero attached hydrogens (tertiary/aromatic N) is 3. The fraction of sp³-hybridized carbons (Fsp3) is 0.200. The molecule has 1 heterocycles. The highest BCUT2D eigenvalue weighted by atomic mass is 32.1. The molecule has 0 aliphatic carbocycles. The molecule has 144 valence electrons. The van der Waals surface area contributed by atoms with Crippen LogP contribution in [-0.2, 0) is 11.3 Å². The van der Waals surface area contributed by atoms with Crippen LogP contribution in [0.5, 0.6) is 5.75 Å². The van der Waals surface area contributed by atoms with Crippen LogP contribution in [0.2, 0.25) is 0 Å². The summed E-state index contributed by atoms with van der Waals surface area (Å²) in [7, 11) is 1.62. The van der Waals surface area contributed by atoms with E-state index in [1.54, 1.807) is 25.3 Å². The smallest absolute Gasteiger partial charge is 0.272 e. The number of benzene rings is 2. The van der Waals surface area contributed by atoms with Crippen molar-refractivity contribution in [3.05, 3.63) is 68.5 Å². The third-order valence-electron chi connectivity index (χ3n) is 4.25. The Labute approximate surface area is 165 Å². The second kappa shape index (κ2) is 8.18. The monoisotopic (exact) mass is 397 g/mol. The van der Waals surface area contributed by atoms with E-state index >= 15 is 0 Å². The lowest BCUT2D eigenvalue weighted by Crippen LogP contribution is -2.15. The van der Waals surface area contributed by atoms with Gasteiger partial charge in [0, 0.05) is 24.8 Å². The standard InChI is InChI=1S/C20H19N3O4S/c1-4-22-18-16(27-3)11-5-13(2)19(18)28-20(22)21-17(24)12-8-14-6-9-15(10-7-14)23(25)26/h5-12H,4H2,1-3H3/b12-8-,21-20?. The van der Waals surface area contributed by atoms with Crippen molar-refractivity contribution in [2.45, 2.75) is 20.4 Å². The SMILES string of the molecule is CCn1c(=NC(=O)/C=C\c2ccc([N+](=O)[O-])cc2)sc2c(C)ccc(OC)c21. The Balaban J connectivity index is 1.96. The van der Waals surface area contributed by atoms with E-state index in [4.69, 9.17) is 4.74 Å². The molecule has 0 saturated heterocycles. The number of ether oxygens (including phenoxy) is 1. The minimum atomic E-state index is -0.463. The van der Waals surface area contributed by atoms with Crippen LogP contribution in [0.3, 0.4) is 0 Å². The molecule has 28 heavy (non-hydrogen) atoms. The van der Waals surface area contributed by atoms with Crippen molar-refractivity contribution in [3.8, 4) is 5.75 Å². The number of carbonyl (C=O) groups excluding carboxylic acids is 1. The van der Waals surface area contributed by atoms with E-state index in [9.17, 15) is 14.9 Å². The van der Waals surface area contributed by atoms with Crippen molar-refractivity contribution < 1.29 is 14.5 Å². The lowest BCUT2D eigenvalue weighted by atomic mass is 10.2. The van der Waals surface area contributed by atoms with E-state index in [1.165, 1.54) is 29.5 Å². The van der Waals surface area contributed by atoms with Crippen LogP contribution in [-0.4, -0.2) is 22.5 Å². The highest BCUT2D eigenvalue weighted by Crippen LogP contribution is 2.30. The maximum atomic E-state index is 12.3. The third-order valence-corrected chi connectivity index (χ3v) is 5.46. The molecule has 3 aromatic rings. The summed E-state index contributed by atoms with van der Waals surface area (Å²) in [6, 6.07) is 9.86. The zero-order chi connectivity index (χ0) is 20.3. The highest BCUT2D eigenvalue weighted by molar-refractivity contribution is 7.16. The van der Waals surface area contributed by atoms with Gasteiger partial charge in [0.05, 0.1) is 16.7 Å². The number of aryl methyl sites for hydroxylation is 2. The minimum Gasteiger partial charge on any atom is -0.495 e. The quantitative estimate of drug-likeness (QED) is 0.369. The summed E-state index contributed by atoms with van der Waals surface area (Å²) in [6.07, 6.45) is 2.95. The number of non-ortho nitro benzene ring substituents is 1. The van der Waals surface area contributed by atoms with Gasteiger partial charge < -0.3 is 9.30 Å². The molecule has 0 spiro atoms. The van der Waals surface area contributed by atoms with E-state index in [2.05, 4.69) is 4.99 Å². The Bertz CT molecular complexity index is 1140. The van der Waals surface area contributed by atoms with Crippen LogP contribution in [0.15, 0.2) is 47.5 Å². The number of hydrogen-bond donors (Lipinski definition) is 0. The third kappa shape index (κ3) is 3.86. The number of nitro benzene ring substituents is 1. The van der Waals surface area contributed by atoms with Gasteiger partial charge in [-0.1, -0.05) is 17.4 Å². The van der Waals surface area contributed by atoms with Crippen molar-refractivity contribution in [3.63, 3.8) is 0 Å². The molecule has 0 N–H and O–H groups in total. The van der Waals surface area contributed by atoms with Crippen LogP contribution in [0.4, 0.5) is 5.69 Å².